The van der Waals surface area contributed by atoms with Crippen LogP contribution >= 0.6 is 21.6 Å². The normalized spacial score (nSPS) is 30.7. The fourth-order valence-electron chi connectivity index (χ4n) is 6.45. The predicted octanol–water partition coefficient (Wildman–Crippen LogP) is -10.8. The number of carbonyl (C=O) groups is 3. The van der Waals surface area contributed by atoms with Crippen molar-refractivity contribution in [2.24, 2.45) is 0 Å². The third-order valence-electron chi connectivity index (χ3n) is 9.65. The summed E-state index contributed by atoms with van der Waals surface area (Å²) in [6.07, 6.45) is -22.6. The van der Waals surface area contributed by atoms with Gasteiger partial charge < -0.3 is 90.2 Å². The first-order chi connectivity index (χ1) is 28.2. The van der Waals surface area contributed by atoms with Crippen molar-refractivity contribution < 1.29 is 156 Å². The van der Waals surface area contributed by atoms with Crippen LogP contribution < -0.4 is 80.2 Å². The van der Waals surface area contributed by atoms with E-state index in [0.29, 0.717) is 23.0 Å². The smallest absolute Gasteiger partial charge is 0.726 e. The molecule has 15 atom stereocenters. The molecule has 342 valence electrons. The first-order valence-corrected chi connectivity index (χ1v) is 22.5. The molecule has 0 spiro atoms. The van der Waals surface area contributed by atoms with Crippen LogP contribution in [0.1, 0.15) is 39.0 Å². The van der Waals surface area contributed by atoms with E-state index in [-0.39, 0.29) is 71.6 Å². The van der Waals surface area contributed by atoms with Gasteiger partial charge in [-0.2, -0.15) is 0 Å². The second-order valence-electron chi connectivity index (χ2n) is 14.3. The van der Waals surface area contributed by atoms with Crippen molar-refractivity contribution in [1.82, 2.24) is 5.32 Å². The zero-order chi connectivity index (χ0) is 44.3. The minimum atomic E-state index is -5.41. The maximum absolute atomic E-state index is 12.5. The standard InChI is InChI=1S/C34H53N3O20S3.2Na/c1-15(38)36-23-30(56-34-29(47)27(45)28(46)31(57-34)32(48)49)26(44)21(14-54-60(50,51)52)55-33(23)53-13-20(40)25(43)24(42)19(39)12-35-16-5-4-6-17(11-16)37-22(41)8-3-2-7-18-9-10-58-59-18;;/h4-6,11,18-21,23-31,33-35,39-40,42-47H,2-3,7-10,12-14H2,1H3,(H,36,38)(H,37,41)(H,48,49)(H,50,51,52);;/q;2*+1/p-2/t18?,19-,20+,21+,23+,24+,25+,26-,27-,28-,29+,30+,31-,33-,34+;;/m0../s1. The Kier molecular flexibility index (Phi) is 25.4. The molecule has 0 saturated carbocycles. The number of benzene rings is 1. The third kappa shape index (κ3) is 17.6. The van der Waals surface area contributed by atoms with Crippen molar-refractivity contribution in [3.63, 3.8) is 0 Å². The van der Waals surface area contributed by atoms with Crippen molar-refractivity contribution in [2.75, 3.05) is 36.1 Å². The Balaban J connectivity index is 0.00000661. The zero-order valence-electron chi connectivity index (χ0n) is 34.0. The topological polar surface area (TPSA) is 376 Å². The van der Waals surface area contributed by atoms with Crippen LogP contribution in [0, 0.1) is 0 Å². The maximum Gasteiger partial charge on any atom is 1.00 e. The van der Waals surface area contributed by atoms with Crippen molar-refractivity contribution in [3.05, 3.63) is 24.3 Å². The first kappa shape index (κ1) is 57.6. The number of ether oxygens (including phenoxy) is 4. The van der Waals surface area contributed by atoms with Crippen molar-refractivity contribution in [1.29, 1.82) is 0 Å². The van der Waals surface area contributed by atoms with E-state index < -0.39 is 121 Å². The summed E-state index contributed by atoms with van der Waals surface area (Å²) in [7, 11) is -1.65. The number of hydrogen-bond donors (Lipinski definition) is 11. The maximum atomic E-state index is 12.5. The average Bonchev–Trinajstić information content (AvgIpc) is 3.71. The molecule has 3 aliphatic rings. The van der Waals surface area contributed by atoms with Crippen LogP contribution in [0.15, 0.2) is 24.3 Å². The molecule has 3 aliphatic heterocycles. The fourth-order valence-corrected chi connectivity index (χ4v) is 9.78. The van der Waals surface area contributed by atoms with Crippen LogP contribution in [0.5, 0.6) is 0 Å². The minimum Gasteiger partial charge on any atom is -0.726 e. The second-order valence-corrected chi connectivity index (χ2v) is 18.1. The number of nitrogens with one attached hydrogen (secondary N) is 3. The molecule has 3 heterocycles. The van der Waals surface area contributed by atoms with E-state index in [9.17, 15) is 73.3 Å². The van der Waals surface area contributed by atoms with Crippen LogP contribution in [-0.4, -0.2) is 188 Å². The van der Waals surface area contributed by atoms with E-state index in [1.807, 2.05) is 21.6 Å². The quantitative estimate of drug-likeness (QED) is 0.0169. The molecule has 0 radical (unpaired) electrons. The van der Waals surface area contributed by atoms with Crippen molar-refractivity contribution >= 4 is 61.1 Å². The molecule has 11 N–H and O–H groups in total. The molecule has 0 bridgehead atoms. The summed E-state index contributed by atoms with van der Waals surface area (Å²) < 4.78 is 59.5. The summed E-state index contributed by atoms with van der Waals surface area (Å²) in [5.41, 5.74) is 0.906. The van der Waals surface area contributed by atoms with Crippen molar-refractivity contribution in [2.45, 2.75) is 130 Å². The zero-order valence-corrected chi connectivity index (χ0v) is 40.5. The van der Waals surface area contributed by atoms with Gasteiger partial charge in [0.2, 0.25) is 22.2 Å². The fraction of sp³-hybridized carbons (Fsp3) is 0.735. The van der Waals surface area contributed by atoms with Crippen molar-refractivity contribution in [3.8, 4) is 0 Å². The van der Waals surface area contributed by atoms with E-state index in [1.165, 1.54) is 6.42 Å². The van der Waals surface area contributed by atoms with Gasteiger partial charge in [0.15, 0.2) is 12.6 Å². The van der Waals surface area contributed by atoms with E-state index in [2.05, 4.69) is 20.1 Å². The van der Waals surface area contributed by atoms with Crippen LogP contribution in [0.25, 0.3) is 0 Å². The molecule has 1 aromatic rings. The number of aliphatic carboxylic acids is 1. The Morgan fingerprint density at radius 1 is 0.935 bits per heavy atom. The summed E-state index contributed by atoms with van der Waals surface area (Å²) >= 11 is 0. The van der Waals surface area contributed by atoms with Crippen LogP contribution in [0.2, 0.25) is 0 Å². The molecule has 3 fully saturated rings. The Morgan fingerprint density at radius 3 is 2.24 bits per heavy atom. The van der Waals surface area contributed by atoms with Gasteiger partial charge in [-0.3, -0.25) is 13.8 Å². The van der Waals surface area contributed by atoms with Crippen LogP contribution in [-0.2, 0) is 47.9 Å². The molecular formula is C34H51N3Na2O20S3. The molecule has 4 rings (SSSR count). The molecule has 1 aromatic carbocycles. The summed E-state index contributed by atoms with van der Waals surface area (Å²) in [6, 6.07) is 4.78. The van der Waals surface area contributed by atoms with Gasteiger partial charge in [0.05, 0.1) is 25.3 Å². The Hall–Kier alpha value is -0.480. The molecule has 1 unspecified atom stereocenters. The van der Waals surface area contributed by atoms with Crippen LogP contribution in [0.3, 0.4) is 0 Å². The number of carboxylic acid groups (broad SMARTS) is 1. The number of carboxylic acids is 1. The first-order valence-electron chi connectivity index (χ1n) is 18.8. The van der Waals surface area contributed by atoms with E-state index >= 15 is 0 Å². The van der Waals surface area contributed by atoms with Gasteiger partial charge in [-0.15, -0.1) is 0 Å². The number of amides is 2. The monoisotopic (exact) mass is 963 g/mol. The molecular weight excluding hydrogens is 913 g/mol. The van der Waals surface area contributed by atoms with Gasteiger partial charge in [0.1, 0.15) is 67.1 Å². The molecule has 2 amide bonds. The van der Waals surface area contributed by atoms with E-state index in [0.717, 1.165) is 31.9 Å². The summed E-state index contributed by atoms with van der Waals surface area (Å²) in [5, 5.41) is 105. The largest absolute Gasteiger partial charge is 1.00 e. The van der Waals surface area contributed by atoms with Gasteiger partial charge in [-0.05, 0) is 37.5 Å². The molecule has 23 nitrogen and oxygen atoms in total. The molecule has 3 saturated heterocycles. The van der Waals surface area contributed by atoms with Gasteiger partial charge in [0.25, 0.3) is 0 Å². The number of carbonyl (C=O) groups excluding carboxylic acids is 3. The third-order valence-corrected chi connectivity index (χ3v) is 13.1. The molecule has 28 heteroatoms. The Labute approximate surface area is 409 Å². The van der Waals surface area contributed by atoms with Gasteiger partial charge in [0, 0.05) is 42.3 Å². The van der Waals surface area contributed by atoms with Gasteiger partial charge in [-0.25, -0.2) is 8.42 Å². The number of unbranched alkanes of at least 4 members (excludes halogenated alkanes) is 1. The summed E-state index contributed by atoms with van der Waals surface area (Å²) in [5.74, 6) is -1.92. The minimum absolute atomic E-state index is 0. The van der Waals surface area contributed by atoms with Crippen LogP contribution in [0.4, 0.5) is 11.4 Å². The number of anilines is 2. The summed E-state index contributed by atoms with van der Waals surface area (Å²) in [4.78, 5) is 36.3. The number of aliphatic hydroxyl groups excluding tert-OH is 8. The average molecular weight is 964 g/mol. The molecule has 62 heavy (non-hydrogen) atoms. The van der Waals surface area contributed by atoms with E-state index in [4.69, 9.17) is 18.9 Å². The Morgan fingerprint density at radius 2 is 1.61 bits per heavy atom. The number of aliphatic hydroxyl groups is 8. The number of hydrogen-bond acceptors (Lipinski definition) is 23. The number of rotatable bonds is 22. The Bertz CT molecular complexity index is 1670. The second kappa shape index (κ2) is 27.4. The van der Waals surface area contributed by atoms with E-state index in [1.54, 1.807) is 24.3 Å². The predicted molar refractivity (Wildman–Crippen MR) is 205 cm³/mol. The van der Waals surface area contributed by atoms with Gasteiger partial charge in [-0.1, -0.05) is 34.1 Å². The molecule has 0 aliphatic carbocycles. The summed E-state index contributed by atoms with van der Waals surface area (Å²) in [6.45, 7) is -1.57. The molecule has 0 aromatic heterocycles. The SMILES string of the molecule is CC(=O)N[C@H]1[C@@H](OC[C@@H](O)[C@@H](O)[C@H](O)[C@@H](O)CNc2cccc(NC(=O)CCCCC3CCSS3)c2)O[C@H](COS(=O)(=O)[O-])[C@H](O)[C@@H]1O[C@@H]1O[C@H](C(=O)[O-])[C@@H](O)[C@H](O)[C@H]1O.[Na+].[Na+]. The van der Waals surface area contributed by atoms with Gasteiger partial charge >= 0.3 is 59.1 Å².